The first kappa shape index (κ1) is 20.8. The molecule has 0 saturated carbocycles. The van der Waals surface area contributed by atoms with Gasteiger partial charge in [0.1, 0.15) is 0 Å². The van der Waals surface area contributed by atoms with Gasteiger partial charge in [-0.3, -0.25) is 14.5 Å². The van der Waals surface area contributed by atoms with Gasteiger partial charge in [0.2, 0.25) is 11.8 Å². The molecule has 158 valence electrons. The van der Waals surface area contributed by atoms with E-state index in [-0.39, 0.29) is 17.7 Å². The second kappa shape index (κ2) is 10.0. The zero-order valence-corrected chi connectivity index (χ0v) is 18.1. The SMILES string of the molecule is O=C(NCCN1CCc2sccc2C1)C1CCN(C(=O)/C=C/c2ccccc2)CC1. The third kappa shape index (κ3) is 5.37. The molecule has 1 saturated heterocycles. The molecule has 1 aromatic carbocycles. The molecule has 2 aliphatic rings. The summed E-state index contributed by atoms with van der Waals surface area (Å²) in [5.74, 6) is 0.169. The molecule has 0 atom stereocenters. The number of benzene rings is 1. The summed E-state index contributed by atoms with van der Waals surface area (Å²) >= 11 is 1.85. The number of nitrogens with zero attached hydrogens (tertiary/aromatic N) is 2. The number of hydrogen-bond acceptors (Lipinski definition) is 4. The summed E-state index contributed by atoms with van der Waals surface area (Å²) in [4.78, 5) is 30.7. The minimum atomic E-state index is 0.0111. The number of piperidine rings is 1. The van der Waals surface area contributed by atoms with Gasteiger partial charge >= 0.3 is 0 Å². The molecule has 0 bridgehead atoms. The Morgan fingerprint density at radius 3 is 2.70 bits per heavy atom. The highest BCUT2D eigenvalue weighted by atomic mass is 32.1. The largest absolute Gasteiger partial charge is 0.355 e. The Bertz CT molecular complexity index is 885. The average Bonchev–Trinajstić information content (AvgIpc) is 3.26. The van der Waals surface area contributed by atoms with Crippen LogP contribution in [0.5, 0.6) is 0 Å². The van der Waals surface area contributed by atoms with Gasteiger partial charge in [-0.25, -0.2) is 0 Å². The molecular formula is C24H29N3O2S. The maximum atomic E-state index is 12.5. The molecular weight excluding hydrogens is 394 g/mol. The van der Waals surface area contributed by atoms with Crippen molar-refractivity contribution in [2.75, 3.05) is 32.7 Å². The lowest BCUT2D eigenvalue weighted by atomic mass is 9.96. The van der Waals surface area contributed by atoms with E-state index in [1.807, 2.05) is 52.6 Å². The molecule has 2 amide bonds. The first-order valence-electron chi connectivity index (χ1n) is 10.8. The van der Waals surface area contributed by atoms with E-state index in [0.29, 0.717) is 19.6 Å². The summed E-state index contributed by atoms with van der Waals surface area (Å²) < 4.78 is 0. The zero-order valence-electron chi connectivity index (χ0n) is 17.3. The Kier molecular flexibility index (Phi) is 6.97. The van der Waals surface area contributed by atoms with Crippen molar-refractivity contribution in [3.63, 3.8) is 0 Å². The van der Waals surface area contributed by atoms with Crippen LogP contribution in [0.2, 0.25) is 0 Å². The van der Waals surface area contributed by atoms with E-state index in [2.05, 4.69) is 21.7 Å². The fourth-order valence-corrected chi connectivity index (χ4v) is 5.07. The molecule has 6 heteroatoms. The minimum absolute atomic E-state index is 0.0111. The van der Waals surface area contributed by atoms with Gasteiger partial charge in [0.25, 0.3) is 0 Å². The third-order valence-electron chi connectivity index (χ3n) is 6.01. The smallest absolute Gasteiger partial charge is 0.246 e. The van der Waals surface area contributed by atoms with Gasteiger partial charge in [-0.15, -0.1) is 11.3 Å². The third-order valence-corrected chi connectivity index (χ3v) is 7.03. The van der Waals surface area contributed by atoms with Crippen molar-refractivity contribution in [2.45, 2.75) is 25.8 Å². The van der Waals surface area contributed by atoms with Crippen molar-refractivity contribution in [1.29, 1.82) is 0 Å². The van der Waals surface area contributed by atoms with Crippen LogP contribution in [-0.4, -0.2) is 54.3 Å². The van der Waals surface area contributed by atoms with Crippen LogP contribution >= 0.6 is 11.3 Å². The van der Waals surface area contributed by atoms with Crippen molar-refractivity contribution in [1.82, 2.24) is 15.1 Å². The number of hydrogen-bond donors (Lipinski definition) is 1. The number of nitrogens with one attached hydrogen (secondary N) is 1. The summed E-state index contributed by atoms with van der Waals surface area (Å²) in [6, 6.07) is 12.0. The van der Waals surface area contributed by atoms with Gasteiger partial charge in [0, 0.05) is 56.1 Å². The van der Waals surface area contributed by atoms with Crippen molar-refractivity contribution in [3.8, 4) is 0 Å². The topological polar surface area (TPSA) is 52.7 Å². The van der Waals surface area contributed by atoms with Crippen molar-refractivity contribution >= 4 is 29.2 Å². The van der Waals surface area contributed by atoms with Crippen LogP contribution in [0.25, 0.3) is 6.08 Å². The molecule has 0 spiro atoms. The standard InChI is InChI=1S/C24H29N3O2S/c28-23(7-6-19-4-2-1-3-5-19)27-14-8-20(9-15-27)24(29)25-12-16-26-13-10-22-21(18-26)11-17-30-22/h1-7,11,17,20H,8-10,12-16,18H2,(H,25,29)/b7-6+. The molecule has 30 heavy (non-hydrogen) atoms. The number of thiophene rings is 1. The Balaban J connectivity index is 1.16. The molecule has 0 radical (unpaired) electrons. The van der Waals surface area contributed by atoms with Crippen LogP contribution in [0.4, 0.5) is 0 Å². The maximum absolute atomic E-state index is 12.5. The van der Waals surface area contributed by atoms with Crippen LogP contribution in [0.1, 0.15) is 28.8 Å². The average molecular weight is 424 g/mol. The van der Waals surface area contributed by atoms with Crippen molar-refractivity contribution in [2.24, 2.45) is 5.92 Å². The highest BCUT2D eigenvalue weighted by Crippen LogP contribution is 2.23. The van der Waals surface area contributed by atoms with Gasteiger partial charge in [-0.1, -0.05) is 30.3 Å². The number of rotatable bonds is 6. The van der Waals surface area contributed by atoms with Crippen molar-refractivity contribution < 1.29 is 9.59 Å². The summed E-state index contributed by atoms with van der Waals surface area (Å²) in [5, 5.41) is 5.28. The summed E-state index contributed by atoms with van der Waals surface area (Å²) in [6.45, 7) is 4.93. The fourth-order valence-electron chi connectivity index (χ4n) is 4.18. The van der Waals surface area contributed by atoms with Crippen LogP contribution < -0.4 is 5.32 Å². The molecule has 5 nitrogen and oxygen atoms in total. The normalized spacial score (nSPS) is 17.8. The van der Waals surface area contributed by atoms with Crippen LogP contribution in [0.15, 0.2) is 47.9 Å². The van der Waals surface area contributed by atoms with Crippen molar-refractivity contribution in [3.05, 3.63) is 63.9 Å². The summed E-state index contributed by atoms with van der Waals surface area (Å²) in [7, 11) is 0. The number of carbonyl (C=O) groups is 2. The molecule has 0 aliphatic carbocycles. The molecule has 1 fully saturated rings. The van der Waals surface area contributed by atoms with Gasteiger partial charge in [-0.05, 0) is 47.9 Å². The molecule has 0 unspecified atom stereocenters. The Hall–Kier alpha value is -2.44. The summed E-state index contributed by atoms with van der Waals surface area (Å²) in [6.07, 6.45) is 6.07. The van der Waals surface area contributed by atoms with E-state index in [9.17, 15) is 9.59 Å². The van der Waals surface area contributed by atoms with E-state index in [4.69, 9.17) is 0 Å². The number of carbonyl (C=O) groups excluding carboxylic acids is 2. The molecule has 1 N–H and O–H groups in total. The number of likely N-dealkylation sites (tertiary alicyclic amines) is 1. The number of amides is 2. The van der Waals surface area contributed by atoms with E-state index < -0.39 is 0 Å². The lowest BCUT2D eigenvalue weighted by molar-refractivity contribution is -0.132. The first-order chi connectivity index (χ1) is 14.7. The van der Waals surface area contributed by atoms with E-state index >= 15 is 0 Å². The second-order valence-electron chi connectivity index (χ2n) is 8.03. The van der Waals surface area contributed by atoms with Crippen LogP contribution in [-0.2, 0) is 22.6 Å². The van der Waals surface area contributed by atoms with Gasteiger partial charge in [0.05, 0.1) is 0 Å². The molecule has 2 aromatic rings. The monoisotopic (exact) mass is 423 g/mol. The highest BCUT2D eigenvalue weighted by molar-refractivity contribution is 7.10. The molecule has 4 rings (SSSR count). The maximum Gasteiger partial charge on any atom is 0.246 e. The number of fused-ring (bicyclic) bond motifs is 1. The van der Waals surface area contributed by atoms with Gasteiger partial charge in [-0.2, -0.15) is 0 Å². The Labute approximate surface area is 182 Å². The van der Waals surface area contributed by atoms with Crippen LogP contribution in [0.3, 0.4) is 0 Å². The molecule has 3 heterocycles. The van der Waals surface area contributed by atoms with Gasteiger partial charge < -0.3 is 10.2 Å². The zero-order chi connectivity index (χ0) is 20.8. The lowest BCUT2D eigenvalue weighted by Gasteiger charge is -2.31. The van der Waals surface area contributed by atoms with E-state index in [1.165, 1.54) is 10.4 Å². The quantitative estimate of drug-likeness (QED) is 0.726. The highest BCUT2D eigenvalue weighted by Gasteiger charge is 2.26. The summed E-state index contributed by atoms with van der Waals surface area (Å²) in [5.41, 5.74) is 2.46. The second-order valence-corrected chi connectivity index (χ2v) is 9.03. The fraction of sp³-hybridized carbons (Fsp3) is 0.417. The first-order valence-corrected chi connectivity index (χ1v) is 11.6. The Morgan fingerprint density at radius 1 is 1.10 bits per heavy atom. The van der Waals surface area contributed by atoms with E-state index in [0.717, 1.165) is 44.5 Å². The van der Waals surface area contributed by atoms with Gasteiger partial charge in [0.15, 0.2) is 0 Å². The minimum Gasteiger partial charge on any atom is -0.355 e. The predicted octanol–water partition coefficient (Wildman–Crippen LogP) is 3.17. The molecule has 1 aromatic heterocycles. The lowest BCUT2D eigenvalue weighted by Crippen LogP contribution is -2.44. The van der Waals surface area contributed by atoms with E-state index in [1.54, 1.807) is 6.08 Å². The predicted molar refractivity (Wildman–Crippen MR) is 121 cm³/mol. The van der Waals surface area contributed by atoms with Crippen LogP contribution in [0, 0.1) is 5.92 Å². The Morgan fingerprint density at radius 2 is 1.90 bits per heavy atom. The molecule has 2 aliphatic heterocycles.